The quantitative estimate of drug-likeness (QED) is 0.410. The normalized spacial score (nSPS) is 15.8. The van der Waals surface area contributed by atoms with Gasteiger partial charge in [-0.15, -0.1) is 0 Å². The summed E-state index contributed by atoms with van der Waals surface area (Å²) < 4.78 is 18.8. The van der Waals surface area contributed by atoms with E-state index in [4.69, 9.17) is 16.3 Å². The van der Waals surface area contributed by atoms with E-state index in [1.165, 1.54) is 35.4 Å². The molecule has 1 atom stereocenters. The van der Waals surface area contributed by atoms with Crippen LogP contribution in [0.15, 0.2) is 77.9 Å². The van der Waals surface area contributed by atoms with E-state index in [1.807, 2.05) is 48.5 Å². The van der Waals surface area contributed by atoms with Gasteiger partial charge in [0, 0.05) is 23.7 Å². The zero-order valence-electron chi connectivity index (χ0n) is 17.6. The minimum Gasteiger partial charge on any atom is -0.489 e. The largest absolute Gasteiger partial charge is 0.489 e. The third-order valence-electron chi connectivity index (χ3n) is 5.22. The molecule has 3 aromatic rings. The van der Waals surface area contributed by atoms with Crippen LogP contribution in [0.4, 0.5) is 10.1 Å². The summed E-state index contributed by atoms with van der Waals surface area (Å²) in [5.41, 5.74) is 4.85. The third kappa shape index (κ3) is 5.96. The average molecular weight is 466 g/mol. The molecule has 2 amide bonds. The summed E-state index contributed by atoms with van der Waals surface area (Å²) in [6.45, 7) is 0.654. The van der Waals surface area contributed by atoms with Crippen LogP contribution in [0.25, 0.3) is 0 Å². The Bertz CT molecular complexity index is 1150. The lowest BCUT2D eigenvalue weighted by molar-refractivity contribution is -0.126. The lowest BCUT2D eigenvalue weighted by Gasteiger charge is -2.16. The zero-order chi connectivity index (χ0) is 23.2. The van der Waals surface area contributed by atoms with Gasteiger partial charge < -0.3 is 9.64 Å². The molecule has 0 bridgehead atoms. The number of carbonyl (C=O) groups excluding carboxylic acids is 2. The second-order valence-corrected chi connectivity index (χ2v) is 8.04. The van der Waals surface area contributed by atoms with Crippen LogP contribution in [-0.2, 0) is 16.2 Å². The average Bonchev–Trinajstić information content (AvgIpc) is 3.22. The van der Waals surface area contributed by atoms with Crippen molar-refractivity contribution < 1.29 is 18.7 Å². The highest BCUT2D eigenvalue weighted by atomic mass is 35.5. The first-order valence-electron chi connectivity index (χ1n) is 10.3. The fraction of sp³-hybridized carbons (Fsp3) is 0.160. The van der Waals surface area contributed by atoms with E-state index in [-0.39, 0.29) is 30.6 Å². The molecule has 33 heavy (non-hydrogen) atoms. The highest BCUT2D eigenvalue weighted by Gasteiger charge is 2.35. The lowest BCUT2D eigenvalue weighted by atomic mass is 10.1. The standard InChI is InChI=1S/C25H21ClFN3O3/c26-20-5-1-18(2-6-20)16-33-23-11-3-17(4-12-23)14-28-29-25(32)19-13-24(31)30(15-19)22-9-7-21(27)8-10-22/h1-12,14,19H,13,15-16H2,(H,29,32)/b28-14-/t19-/m0/s1. The lowest BCUT2D eigenvalue weighted by Crippen LogP contribution is -2.30. The Hall–Kier alpha value is -3.71. The third-order valence-corrected chi connectivity index (χ3v) is 5.47. The van der Waals surface area contributed by atoms with Gasteiger partial charge in [0.25, 0.3) is 0 Å². The summed E-state index contributed by atoms with van der Waals surface area (Å²) >= 11 is 5.88. The predicted molar refractivity (Wildman–Crippen MR) is 125 cm³/mol. The summed E-state index contributed by atoms with van der Waals surface area (Å²) in [5, 5.41) is 4.67. The van der Waals surface area contributed by atoms with Gasteiger partial charge in [0.05, 0.1) is 12.1 Å². The van der Waals surface area contributed by atoms with Crippen LogP contribution in [0, 0.1) is 11.7 Å². The molecule has 3 aromatic carbocycles. The smallest absolute Gasteiger partial charge is 0.245 e. The zero-order valence-corrected chi connectivity index (χ0v) is 18.3. The summed E-state index contributed by atoms with van der Waals surface area (Å²) in [7, 11) is 0. The van der Waals surface area contributed by atoms with Crippen LogP contribution in [0.3, 0.4) is 0 Å². The van der Waals surface area contributed by atoms with Crippen LogP contribution in [0.1, 0.15) is 17.5 Å². The number of nitrogens with one attached hydrogen (secondary N) is 1. The molecule has 8 heteroatoms. The first-order valence-corrected chi connectivity index (χ1v) is 10.7. The number of hydrazone groups is 1. The molecule has 0 radical (unpaired) electrons. The molecule has 0 saturated carbocycles. The van der Waals surface area contributed by atoms with Gasteiger partial charge in [-0.05, 0) is 71.8 Å². The Morgan fingerprint density at radius 1 is 1.09 bits per heavy atom. The van der Waals surface area contributed by atoms with Crippen LogP contribution in [0.2, 0.25) is 5.02 Å². The number of anilines is 1. The van der Waals surface area contributed by atoms with Gasteiger partial charge in [0.1, 0.15) is 18.2 Å². The number of carbonyl (C=O) groups is 2. The monoisotopic (exact) mass is 465 g/mol. The molecule has 1 heterocycles. The van der Waals surface area contributed by atoms with Crippen molar-refractivity contribution in [2.45, 2.75) is 13.0 Å². The number of nitrogens with zero attached hydrogens (tertiary/aromatic N) is 2. The Labute approximate surface area is 195 Å². The van der Waals surface area contributed by atoms with Crippen molar-refractivity contribution in [3.63, 3.8) is 0 Å². The molecule has 6 nitrogen and oxygen atoms in total. The molecule has 0 unspecified atom stereocenters. The molecular formula is C25H21ClFN3O3. The van der Waals surface area contributed by atoms with Crippen molar-refractivity contribution in [1.29, 1.82) is 0 Å². The molecule has 0 aliphatic carbocycles. The number of ether oxygens (including phenoxy) is 1. The van der Waals surface area contributed by atoms with Gasteiger partial charge in [0.2, 0.25) is 11.8 Å². The first-order chi connectivity index (χ1) is 16.0. The van der Waals surface area contributed by atoms with Gasteiger partial charge in [-0.2, -0.15) is 5.10 Å². The van der Waals surface area contributed by atoms with Crippen molar-refractivity contribution in [3.8, 4) is 5.75 Å². The predicted octanol–water partition coefficient (Wildman–Crippen LogP) is 4.56. The second-order valence-electron chi connectivity index (χ2n) is 7.60. The molecule has 1 aliphatic rings. The number of hydrogen-bond acceptors (Lipinski definition) is 4. The maximum atomic E-state index is 13.1. The molecule has 1 N–H and O–H groups in total. The van der Waals surface area contributed by atoms with Crippen LogP contribution < -0.4 is 15.1 Å². The maximum absolute atomic E-state index is 13.1. The van der Waals surface area contributed by atoms with E-state index in [9.17, 15) is 14.0 Å². The Balaban J connectivity index is 1.26. The first kappa shape index (κ1) is 22.5. The molecule has 4 rings (SSSR count). The highest BCUT2D eigenvalue weighted by molar-refractivity contribution is 6.30. The SMILES string of the molecule is O=C(N/N=C\c1ccc(OCc2ccc(Cl)cc2)cc1)[C@H]1CC(=O)N(c2ccc(F)cc2)C1. The Morgan fingerprint density at radius 3 is 2.48 bits per heavy atom. The molecule has 0 aromatic heterocycles. The summed E-state index contributed by atoms with van der Waals surface area (Å²) in [6.07, 6.45) is 1.60. The van der Waals surface area contributed by atoms with Crippen molar-refractivity contribution in [1.82, 2.24) is 5.43 Å². The van der Waals surface area contributed by atoms with Crippen molar-refractivity contribution in [2.75, 3.05) is 11.4 Å². The van der Waals surface area contributed by atoms with E-state index in [0.717, 1.165) is 11.1 Å². The number of hydrogen-bond donors (Lipinski definition) is 1. The maximum Gasteiger partial charge on any atom is 0.245 e. The summed E-state index contributed by atoms with van der Waals surface area (Å²) in [6, 6.07) is 20.3. The Morgan fingerprint density at radius 2 is 1.79 bits per heavy atom. The Kier molecular flexibility index (Phi) is 7.00. The van der Waals surface area contributed by atoms with E-state index in [2.05, 4.69) is 10.5 Å². The van der Waals surface area contributed by atoms with Crippen molar-refractivity contribution in [3.05, 3.63) is 94.8 Å². The van der Waals surface area contributed by atoms with E-state index < -0.39 is 5.92 Å². The van der Waals surface area contributed by atoms with E-state index in [1.54, 1.807) is 0 Å². The minimum atomic E-state index is -0.525. The topological polar surface area (TPSA) is 71.0 Å². The number of amides is 2. The minimum absolute atomic E-state index is 0.0817. The highest BCUT2D eigenvalue weighted by Crippen LogP contribution is 2.25. The fourth-order valence-corrected chi connectivity index (χ4v) is 3.54. The number of halogens is 2. The fourth-order valence-electron chi connectivity index (χ4n) is 3.41. The van der Waals surface area contributed by atoms with Gasteiger partial charge in [0.15, 0.2) is 0 Å². The molecule has 0 spiro atoms. The van der Waals surface area contributed by atoms with Gasteiger partial charge in [-0.25, -0.2) is 9.82 Å². The van der Waals surface area contributed by atoms with Crippen molar-refractivity contribution >= 4 is 35.3 Å². The van der Waals surface area contributed by atoms with E-state index >= 15 is 0 Å². The van der Waals surface area contributed by atoms with Crippen LogP contribution in [0.5, 0.6) is 5.75 Å². The van der Waals surface area contributed by atoms with Crippen LogP contribution >= 0.6 is 11.6 Å². The van der Waals surface area contributed by atoms with Gasteiger partial charge in [-0.1, -0.05) is 23.7 Å². The molecule has 1 saturated heterocycles. The molecule has 1 aliphatic heterocycles. The van der Waals surface area contributed by atoms with E-state index in [0.29, 0.717) is 23.1 Å². The van der Waals surface area contributed by atoms with Gasteiger partial charge >= 0.3 is 0 Å². The van der Waals surface area contributed by atoms with Crippen molar-refractivity contribution in [2.24, 2.45) is 11.0 Å². The van der Waals surface area contributed by atoms with Crippen LogP contribution in [-0.4, -0.2) is 24.6 Å². The number of benzene rings is 3. The number of rotatable bonds is 7. The summed E-state index contributed by atoms with van der Waals surface area (Å²) in [4.78, 5) is 26.2. The summed E-state index contributed by atoms with van der Waals surface area (Å²) in [5.74, 6) is -0.720. The molecule has 168 valence electrons. The van der Waals surface area contributed by atoms with Gasteiger partial charge in [-0.3, -0.25) is 9.59 Å². The molecular weight excluding hydrogens is 445 g/mol. The molecule has 1 fully saturated rings. The second kappa shape index (κ2) is 10.3.